The van der Waals surface area contributed by atoms with E-state index < -0.39 is 0 Å². The number of hydrogen-bond acceptors (Lipinski definition) is 3. The van der Waals surface area contributed by atoms with Crippen LogP contribution in [-0.4, -0.2) is 19.6 Å². The molecule has 0 bridgehead atoms. The van der Waals surface area contributed by atoms with Gasteiger partial charge in [0.15, 0.2) is 0 Å². The second-order valence-corrected chi connectivity index (χ2v) is 6.11. The second kappa shape index (κ2) is 8.76. The Balaban J connectivity index is 2.10. The Hall–Kier alpha value is -1.98. The number of carbonyl (C=O) groups excluding carboxylic acids is 1. The zero-order valence-electron chi connectivity index (χ0n) is 13.3. The van der Waals surface area contributed by atoms with Crippen molar-refractivity contribution in [1.29, 1.82) is 0 Å². The van der Waals surface area contributed by atoms with Crippen molar-refractivity contribution in [2.75, 3.05) is 19.0 Å². The molecule has 0 fully saturated rings. The summed E-state index contributed by atoms with van der Waals surface area (Å²) in [5.74, 6) is 1.01. The molecule has 0 aromatic heterocycles. The second-order valence-electron chi connectivity index (χ2n) is 4.79. The summed E-state index contributed by atoms with van der Waals surface area (Å²) in [6.45, 7) is 2.47. The lowest BCUT2D eigenvalue weighted by molar-refractivity contribution is -0.111. The van der Waals surface area contributed by atoms with E-state index >= 15 is 0 Å². The number of halogens is 2. The zero-order chi connectivity index (χ0) is 17.5. The van der Waals surface area contributed by atoms with Gasteiger partial charge in [0, 0.05) is 21.8 Å². The Morgan fingerprint density at radius 1 is 1.25 bits per heavy atom. The SMILES string of the molecule is CCOc1ccc(Br)cc1C=CC(=O)Nc1ccc(OC)c(Cl)c1. The van der Waals surface area contributed by atoms with Crippen molar-refractivity contribution in [2.24, 2.45) is 0 Å². The van der Waals surface area contributed by atoms with Crippen molar-refractivity contribution in [3.63, 3.8) is 0 Å². The monoisotopic (exact) mass is 409 g/mol. The van der Waals surface area contributed by atoms with Crippen molar-refractivity contribution in [3.05, 3.63) is 57.5 Å². The number of amides is 1. The van der Waals surface area contributed by atoms with Crippen LogP contribution in [0.1, 0.15) is 12.5 Å². The van der Waals surface area contributed by atoms with E-state index in [9.17, 15) is 4.79 Å². The fourth-order valence-corrected chi connectivity index (χ4v) is 2.67. The Kier molecular flexibility index (Phi) is 6.70. The van der Waals surface area contributed by atoms with Gasteiger partial charge in [-0.25, -0.2) is 0 Å². The Bertz CT molecular complexity index is 762. The molecule has 0 aliphatic rings. The molecule has 0 aliphatic heterocycles. The third-order valence-corrected chi connectivity index (χ3v) is 3.89. The summed E-state index contributed by atoms with van der Waals surface area (Å²) in [7, 11) is 1.54. The Labute approximate surface area is 154 Å². The third kappa shape index (κ3) is 5.01. The van der Waals surface area contributed by atoms with Gasteiger partial charge in [0.1, 0.15) is 11.5 Å². The minimum absolute atomic E-state index is 0.265. The first-order valence-corrected chi connectivity index (χ1v) is 8.45. The molecule has 2 rings (SSSR count). The standard InChI is InChI=1S/C18H17BrClNO3/c1-3-24-16-7-5-13(19)10-12(16)4-9-18(22)21-14-6-8-17(23-2)15(20)11-14/h4-11H,3H2,1-2H3,(H,21,22). The average Bonchev–Trinajstić information content (AvgIpc) is 2.55. The molecule has 2 aromatic rings. The molecule has 2 aromatic carbocycles. The molecule has 1 N–H and O–H groups in total. The number of benzene rings is 2. The first kappa shape index (κ1) is 18.4. The first-order valence-electron chi connectivity index (χ1n) is 7.28. The maximum atomic E-state index is 12.1. The summed E-state index contributed by atoms with van der Waals surface area (Å²) in [4.78, 5) is 12.1. The minimum Gasteiger partial charge on any atom is -0.495 e. The van der Waals surface area contributed by atoms with E-state index in [1.54, 1.807) is 24.3 Å². The van der Waals surface area contributed by atoms with Crippen molar-refractivity contribution < 1.29 is 14.3 Å². The molecular weight excluding hydrogens is 394 g/mol. The average molecular weight is 411 g/mol. The molecule has 0 saturated carbocycles. The third-order valence-electron chi connectivity index (χ3n) is 3.11. The maximum absolute atomic E-state index is 12.1. The smallest absolute Gasteiger partial charge is 0.248 e. The molecule has 126 valence electrons. The number of methoxy groups -OCH3 is 1. The molecule has 0 aliphatic carbocycles. The number of ether oxygens (including phenoxy) is 2. The number of anilines is 1. The van der Waals surface area contributed by atoms with Gasteiger partial charge in [0.2, 0.25) is 5.91 Å². The predicted octanol–water partition coefficient (Wildman–Crippen LogP) is 5.16. The van der Waals surface area contributed by atoms with Crippen LogP contribution in [0.15, 0.2) is 46.9 Å². The lowest BCUT2D eigenvalue weighted by Crippen LogP contribution is -2.07. The van der Waals surface area contributed by atoms with Crippen molar-refractivity contribution >= 4 is 45.2 Å². The highest BCUT2D eigenvalue weighted by Gasteiger charge is 2.05. The van der Waals surface area contributed by atoms with E-state index in [1.165, 1.54) is 13.2 Å². The normalized spacial score (nSPS) is 10.7. The summed E-state index contributed by atoms with van der Waals surface area (Å²) >= 11 is 9.46. The molecule has 0 saturated heterocycles. The van der Waals surface area contributed by atoms with Crippen LogP contribution in [0.25, 0.3) is 6.08 Å². The molecule has 0 heterocycles. The summed E-state index contributed by atoms with van der Waals surface area (Å²) in [6.07, 6.45) is 3.15. The van der Waals surface area contributed by atoms with Gasteiger partial charge in [0.05, 0.1) is 18.7 Å². The number of rotatable bonds is 6. The van der Waals surface area contributed by atoms with Crippen LogP contribution in [-0.2, 0) is 4.79 Å². The summed E-state index contributed by atoms with van der Waals surface area (Å²) in [5, 5.41) is 3.19. The number of carbonyl (C=O) groups is 1. The fourth-order valence-electron chi connectivity index (χ4n) is 2.03. The van der Waals surface area contributed by atoms with Gasteiger partial charge in [0.25, 0.3) is 0 Å². The zero-order valence-corrected chi connectivity index (χ0v) is 15.6. The summed E-state index contributed by atoms with van der Waals surface area (Å²) < 4.78 is 11.5. The maximum Gasteiger partial charge on any atom is 0.248 e. The topological polar surface area (TPSA) is 47.6 Å². The number of nitrogens with one attached hydrogen (secondary N) is 1. The molecule has 6 heteroatoms. The van der Waals surface area contributed by atoms with E-state index in [1.807, 2.05) is 25.1 Å². The highest BCUT2D eigenvalue weighted by atomic mass is 79.9. The van der Waals surface area contributed by atoms with Crippen molar-refractivity contribution in [3.8, 4) is 11.5 Å². The van der Waals surface area contributed by atoms with Gasteiger partial charge >= 0.3 is 0 Å². The highest BCUT2D eigenvalue weighted by molar-refractivity contribution is 9.10. The largest absolute Gasteiger partial charge is 0.495 e. The molecule has 0 atom stereocenters. The molecule has 0 radical (unpaired) electrons. The highest BCUT2D eigenvalue weighted by Crippen LogP contribution is 2.27. The van der Waals surface area contributed by atoms with Crippen LogP contribution in [0.3, 0.4) is 0 Å². The van der Waals surface area contributed by atoms with E-state index in [0.717, 1.165) is 15.8 Å². The molecule has 4 nitrogen and oxygen atoms in total. The quantitative estimate of drug-likeness (QED) is 0.669. The molecule has 0 unspecified atom stereocenters. The van der Waals surface area contributed by atoms with Gasteiger partial charge in [-0.15, -0.1) is 0 Å². The van der Waals surface area contributed by atoms with Gasteiger partial charge in [-0.05, 0) is 49.4 Å². The lowest BCUT2D eigenvalue weighted by atomic mass is 10.2. The Morgan fingerprint density at radius 2 is 2.00 bits per heavy atom. The van der Waals surface area contributed by atoms with Crippen LogP contribution in [0.4, 0.5) is 5.69 Å². The molecule has 0 spiro atoms. The van der Waals surface area contributed by atoms with Gasteiger partial charge in [-0.3, -0.25) is 4.79 Å². The van der Waals surface area contributed by atoms with E-state index in [4.69, 9.17) is 21.1 Å². The lowest BCUT2D eigenvalue weighted by Gasteiger charge is -2.08. The van der Waals surface area contributed by atoms with Gasteiger partial charge in [-0.2, -0.15) is 0 Å². The van der Waals surface area contributed by atoms with Crippen LogP contribution in [0.5, 0.6) is 11.5 Å². The Morgan fingerprint density at radius 3 is 2.67 bits per heavy atom. The number of hydrogen-bond donors (Lipinski definition) is 1. The molecular formula is C18H17BrClNO3. The van der Waals surface area contributed by atoms with E-state index in [-0.39, 0.29) is 5.91 Å². The van der Waals surface area contributed by atoms with Crippen LogP contribution in [0.2, 0.25) is 5.02 Å². The minimum atomic E-state index is -0.265. The van der Waals surface area contributed by atoms with Gasteiger partial charge in [-0.1, -0.05) is 27.5 Å². The van der Waals surface area contributed by atoms with Gasteiger partial charge < -0.3 is 14.8 Å². The first-order chi connectivity index (χ1) is 11.5. The molecule has 1 amide bonds. The predicted molar refractivity (Wildman–Crippen MR) is 101 cm³/mol. The van der Waals surface area contributed by atoms with Crippen LogP contribution >= 0.6 is 27.5 Å². The molecule has 24 heavy (non-hydrogen) atoms. The van der Waals surface area contributed by atoms with Crippen LogP contribution in [0, 0.1) is 0 Å². The fraction of sp³-hybridized carbons (Fsp3) is 0.167. The summed E-state index contributed by atoms with van der Waals surface area (Å²) in [5.41, 5.74) is 1.41. The summed E-state index contributed by atoms with van der Waals surface area (Å²) in [6, 6.07) is 10.7. The van der Waals surface area contributed by atoms with Crippen molar-refractivity contribution in [1.82, 2.24) is 0 Å². The van der Waals surface area contributed by atoms with Crippen molar-refractivity contribution in [2.45, 2.75) is 6.92 Å². The van der Waals surface area contributed by atoms with E-state index in [2.05, 4.69) is 21.2 Å². The van der Waals surface area contributed by atoms with E-state index in [0.29, 0.717) is 23.1 Å². The van der Waals surface area contributed by atoms with Crippen LogP contribution < -0.4 is 14.8 Å².